The summed E-state index contributed by atoms with van der Waals surface area (Å²) in [6, 6.07) is 0.0250. The third kappa shape index (κ3) is 9.66. The van der Waals surface area contributed by atoms with Crippen molar-refractivity contribution in [2.45, 2.75) is 124 Å². The normalized spacial score (nSPS) is 23.8. The van der Waals surface area contributed by atoms with Gasteiger partial charge in [0.05, 0.1) is 6.61 Å². The summed E-state index contributed by atoms with van der Waals surface area (Å²) in [5, 5.41) is 5.95. The molecule has 0 aromatic carbocycles. The average Bonchev–Trinajstić information content (AvgIpc) is 3.30. The van der Waals surface area contributed by atoms with E-state index in [2.05, 4.69) is 17.6 Å². The number of nitrogens with one attached hydrogen (secondary N) is 2. The lowest BCUT2D eigenvalue weighted by atomic mass is 9.85. The predicted octanol–water partition coefficient (Wildman–Crippen LogP) is 4.16. The van der Waals surface area contributed by atoms with Crippen LogP contribution in [-0.2, 0) is 23.9 Å². The van der Waals surface area contributed by atoms with E-state index in [0.717, 1.165) is 25.7 Å². The molecule has 2 rings (SSSR count). The van der Waals surface area contributed by atoms with Gasteiger partial charge >= 0.3 is 0 Å². The number of amides is 3. The van der Waals surface area contributed by atoms with Crippen LogP contribution in [0.15, 0.2) is 0 Å². The first kappa shape index (κ1) is 30.6. The number of unbranched alkanes of at least 4 members (excludes halogenated alkanes) is 5. The maximum Gasteiger partial charge on any atom is 0.249 e. The van der Waals surface area contributed by atoms with Crippen molar-refractivity contribution in [3.8, 4) is 0 Å². The topological polar surface area (TPSA) is 97.0 Å². The molecule has 8 heteroatoms. The highest BCUT2D eigenvalue weighted by Gasteiger charge is 2.45. The van der Waals surface area contributed by atoms with Crippen molar-refractivity contribution in [3.63, 3.8) is 0 Å². The van der Waals surface area contributed by atoms with Crippen LogP contribution in [0.4, 0.5) is 0 Å². The van der Waals surface area contributed by atoms with E-state index in [1.54, 1.807) is 13.8 Å². The van der Waals surface area contributed by atoms with Gasteiger partial charge in [0.2, 0.25) is 17.7 Å². The van der Waals surface area contributed by atoms with Gasteiger partial charge in [-0.05, 0) is 33.1 Å². The minimum absolute atomic E-state index is 0.00132. The van der Waals surface area contributed by atoms with E-state index in [-0.39, 0.29) is 42.6 Å². The number of hydrogen-bond acceptors (Lipinski definition) is 5. The second-order valence-corrected chi connectivity index (χ2v) is 11.8. The van der Waals surface area contributed by atoms with Gasteiger partial charge in [-0.15, -0.1) is 0 Å². The predicted molar refractivity (Wildman–Crippen MR) is 141 cm³/mol. The summed E-state index contributed by atoms with van der Waals surface area (Å²) in [5.74, 6) is -0.934. The van der Waals surface area contributed by atoms with Crippen molar-refractivity contribution in [2.24, 2.45) is 11.3 Å². The quantitative estimate of drug-likeness (QED) is 0.343. The number of nitrogens with zero attached hydrogens (tertiary/aromatic N) is 1. The number of carbonyl (C=O) groups is 3. The first-order valence-electron chi connectivity index (χ1n) is 14.1. The van der Waals surface area contributed by atoms with E-state index in [4.69, 9.17) is 9.47 Å². The molecule has 0 bridgehead atoms. The molecule has 2 fully saturated rings. The van der Waals surface area contributed by atoms with Gasteiger partial charge in [-0.25, -0.2) is 0 Å². The number of rotatable bonds is 14. The molecule has 2 N–H and O–H groups in total. The summed E-state index contributed by atoms with van der Waals surface area (Å²) >= 11 is 0. The Morgan fingerprint density at radius 2 is 1.72 bits per heavy atom. The molecule has 0 aromatic heterocycles. The van der Waals surface area contributed by atoms with E-state index in [1.165, 1.54) is 32.1 Å². The molecule has 208 valence electrons. The lowest BCUT2D eigenvalue weighted by Crippen LogP contribution is -2.56. The van der Waals surface area contributed by atoms with Gasteiger partial charge in [0.1, 0.15) is 6.10 Å². The first-order valence-corrected chi connectivity index (χ1v) is 14.1. The van der Waals surface area contributed by atoms with Crippen LogP contribution in [0.5, 0.6) is 0 Å². The highest BCUT2D eigenvalue weighted by molar-refractivity contribution is 5.83. The van der Waals surface area contributed by atoms with E-state index >= 15 is 0 Å². The molecule has 3 unspecified atom stereocenters. The van der Waals surface area contributed by atoms with Crippen LogP contribution in [0.25, 0.3) is 0 Å². The Hall–Kier alpha value is -1.67. The number of ether oxygens (including phenoxy) is 2. The fraction of sp³-hybridized carbons (Fsp3) is 0.893. The van der Waals surface area contributed by atoms with Crippen molar-refractivity contribution < 1.29 is 23.9 Å². The summed E-state index contributed by atoms with van der Waals surface area (Å²) in [4.78, 5) is 40.1. The first-order chi connectivity index (χ1) is 17.0. The summed E-state index contributed by atoms with van der Waals surface area (Å²) < 4.78 is 11.6. The van der Waals surface area contributed by atoms with Crippen LogP contribution in [0, 0.1) is 11.3 Å². The van der Waals surface area contributed by atoms with Crippen LogP contribution >= 0.6 is 0 Å². The van der Waals surface area contributed by atoms with Crippen LogP contribution in [0.1, 0.15) is 106 Å². The molecule has 8 nitrogen and oxygen atoms in total. The third-order valence-corrected chi connectivity index (χ3v) is 7.43. The number of hydrogen-bond donors (Lipinski definition) is 2. The van der Waals surface area contributed by atoms with Gasteiger partial charge in [-0.1, -0.05) is 66.2 Å². The highest BCUT2D eigenvalue weighted by atomic mass is 16.7. The molecule has 2 aliphatic heterocycles. The Labute approximate surface area is 218 Å². The van der Waals surface area contributed by atoms with Crippen molar-refractivity contribution in [1.82, 2.24) is 15.5 Å². The monoisotopic (exact) mass is 509 g/mol. The maximum absolute atomic E-state index is 12.9. The molecule has 0 aromatic rings. The molecule has 2 saturated heterocycles. The average molecular weight is 510 g/mol. The molecule has 2 heterocycles. The van der Waals surface area contributed by atoms with Crippen LogP contribution in [0.3, 0.4) is 0 Å². The molecule has 0 spiro atoms. The minimum atomic E-state index is -0.813. The van der Waals surface area contributed by atoms with Crippen molar-refractivity contribution >= 4 is 17.7 Å². The second-order valence-electron chi connectivity index (χ2n) is 11.8. The van der Waals surface area contributed by atoms with Crippen molar-refractivity contribution in [2.75, 3.05) is 26.2 Å². The molecular formula is C28H51N3O5. The largest absolute Gasteiger partial charge is 0.354 e. The molecule has 36 heavy (non-hydrogen) atoms. The van der Waals surface area contributed by atoms with E-state index < -0.39 is 17.3 Å². The van der Waals surface area contributed by atoms with Crippen LogP contribution < -0.4 is 10.6 Å². The van der Waals surface area contributed by atoms with Gasteiger partial charge < -0.3 is 25.0 Å². The maximum atomic E-state index is 12.9. The Morgan fingerprint density at radius 3 is 2.44 bits per heavy atom. The lowest BCUT2D eigenvalue weighted by Gasteiger charge is -2.44. The van der Waals surface area contributed by atoms with Crippen molar-refractivity contribution in [3.05, 3.63) is 0 Å². The van der Waals surface area contributed by atoms with E-state index in [1.807, 2.05) is 25.7 Å². The van der Waals surface area contributed by atoms with Gasteiger partial charge in [-0.2, -0.15) is 0 Å². The fourth-order valence-electron chi connectivity index (χ4n) is 4.98. The van der Waals surface area contributed by atoms with Crippen LogP contribution in [-0.4, -0.2) is 66.8 Å². The number of carbonyl (C=O) groups excluding carboxylic acids is 3. The van der Waals surface area contributed by atoms with Gasteiger partial charge in [0.25, 0.3) is 0 Å². The molecule has 3 atom stereocenters. The van der Waals surface area contributed by atoms with E-state index in [0.29, 0.717) is 19.7 Å². The zero-order valence-corrected chi connectivity index (χ0v) is 23.6. The number of likely N-dealkylation sites (tertiary alicyclic amines) is 1. The Morgan fingerprint density at radius 1 is 1.03 bits per heavy atom. The third-order valence-electron chi connectivity index (χ3n) is 7.43. The summed E-state index contributed by atoms with van der Waals surface area (Å²) in [5.41, 5.74) is -0.450. The van der Waals surface area contributed by atoms with Gasteiger partial charge in [0.15, 0.2) is 5.79 Å². The SMILES string of the molecule is CCCCCCCCC(C)C(=O)NCC1CCCN1C(=O)CCNC(=O)C1OC(C)(C)OCC1(C)C. The molecule has 3 amide bonds. The Balaban J connectivity index is 1.70. The zero-order valence-electron chi connectivity index (χ0n) is 23.6. The Bertz CT molecular complexity index is 724. The molecule has 0 aliphatic carbocycles. The van der Waals surface area contributed by atoms with Gasteiger partial charge in [-0.3, -0.25) is 14.4 Å². The Kier molecular flexibility index (Phi) is 12.2. The minimum Gasteiger partial charge on any atom is -0.354 e. The standard InChI is InChI=1S/C28H51N3O5/c1-7-8-9-10-11-12-14-21(2)25(33)30-19-22-15-13-18-31(22)23(32)16-17-29-26(34)24-27(3,4)20-35-28(5,6)36-24/h21-22,24H,7-20H2,1-6H3,(H,29,34)(H,30,33). The summed E-state index contributed by atoms with van der Waals surface area (Å²) in [7, 11) is 0. The molecule has 2 aliphatic rings. The summed E-state index contributed by atoms with van der Waals surface area (Å²) in [6.45, 7) is 13.6. The zero-order chi connectivity index (χ0) is 26.8. The molecule has 0 radical (unpaired) electrons. The summed E-state index contributed by atoms with van der Waals surface area (Å²) in [6.07, 6.45) is 9.69. The van der Waals surface area contributed by atoms with Crippen LogP contribution in [0.2, 0.25) is 0 Å². The molecular weight excluding hydrogens is 458 g/mol. The van der Waals surface area contributed by atoms with Crippen molar-refractivity contribution in [1.29, 1.82) is 0 Å². The second kappa shape index (κ2) is 14.3. The fourth-order valence-corrected chi connectivity index (χ4v) is 4.98. The molecule has 0 saturated carbocycles. The lowest BCUT2D eigenvalue weighted by molar-refractivity contribution is -0.304. The smallest absolute Gasteiger partial charge is 0.249 e. The van der Waals surface area contributed by atoms with Gasteiger partial charge in [0, 0.05) is 43.4 Å². The highest BCUT2D eigenvalue weighted by Crippen LogP contribution is 2.34. The van der Waals surface area contributed by atoms with E-state index in [9.17, 15) is 14.4 Å².